The van der Waals surface area contributed by atoms with E-state index < -0.39 is 120 Å². The van der Waals surface area contributed by atoms with E-state index in [0.29, 0.717) is 24.8 Å². The molecule has 22 nitrogen and oxygen atoms in total. The highest BCUT2D eigenvalue weighted by Crippen LogP contribution is 2.21. The van der Waals surface area contributed by atoms with Crippen molar-refractivity contribution in [3.05, 3.63) is 35.9 Å². The molecular formula is C54H92N12O10. The molecule has 0 spiro atoms. The van der Waals surface area contributed by atoms with Crippen LogP contribution < -0.4 is 60.2 Å². The number of aliphatic hydroxyl groups excluding tert-OH is 1. The number of carbonyl (C=O) groups is 9. The fourth-order valence-corrected chi connectivity index (χ4v) is 9.08. The Labute approximate surface area is 449 Å². The first kappa shape index (κ1) is 66.3. The van der Waals surface area contributed by atoms with Gasteiger partial charge >= 0.3 is 0 Å². The van der Waals surface area contributed by atoms with Crippen LogP contribution in [0, 0.1) is 29.1 Å². The van der Waals surface area contributed by atoms with Gasteiger partial charge in [0.15, 0.2) is 11.6 Å². The average molecular weight is 1070 g/mol. The molecule has 1 aromatic rings. The lowest BCUT2D eigenvalue weighted by Gasteiger charge is -2.28. The Bertz CT molecular complexity index is 2020. The summed E-state index contributed by atoms with van der Waals surface area (Å²) >= 11 is 0. The Balaban J connectivity index is 2.79. The van der Waals surface area contributed by atoms with E-state index in [-0.39, 0.29) is 108 Å². The van der Waals surface area contributed by atoms with Gasteiger partial charge in [-0.05, 0) is 101 Å². The highest BCUT2D eigenvalue weighted by molar-refractivity contribution is 5.98. The zero-order valence-corrected chi connectivity index (χ0v) is 45.7. The summed E-state index contributed by atoms with van der Waals surface area (Å²) in [4.78, 5) is 127. The number of rotatable bonds is 27. The first-order valence-corrected chi connectivity index (χ1v) is 27.4. The van der Waals surface area contributed by atoms with Crippen LogP contribution in [0.2, 0.25) is 0 Å². The molecular weight excluding hydrogens is 977 g/mol. The molecule has 1 saturated heterocycles. The Morgan fingerprint density at radius 2 is 1.21 bits per heavy atom. The monoisotopic (exact) mass is 1070 g/mol. The lowest BCUT2D eigenvalue weighted by atomic mass is 9.88. The highest BCUT2D eigenvalue weighted by Gasteiger charge is 2.36. The third-order valence-corrected chi connectivity index (χ3v) is 13.2. The Hall–Kier alpha value is -5.84. The first-order chi connectivity index (χ1) is 36.1. The van der Waals surface area contributed by atoms with Crippen LogP contribution in [-0.4, -0.2) is 132 Å². The van der Waals surface area contributed by atoms with Gasteiger partial charge in [-0.2, -0.15) is 0 Å². The lowest BCUT2D eigenvalue weighted by Crippen LogP contribution is -2.59. The molecule has 1 fully saturated rings. The van der Waals surface area contributed by atoms with Crippen LogP contribution in [0.1, 0.15) is 149 Å². The van der Waals surface area contributed by atoms with Gasteiger partial charge in [0.25, 0.3) is 0 Å². The van der Waals surface area contributed by atoms with Crippen molar-refractivity contribution in [2.24, 2.45) is 46.6 Å². The fourth-order valence-electron chi connectivity index (χ4n) is 9.08. The van der Waals surface area contributed by atoms with Gasteiger partial charge in [-0.3, -0.25) is 48.6 Å². The first-order valence-electron chi connectivity index (χ1n) is 27.4. The normalized spacial score (nSPS) is 22.8. The maximum atomic E-state index is 14.7. The smallest absolute Gasteiger partial charge is 0.243 e. The number of benzene rings is 1. The fraction of sp³-hybridized carbons (Fsp3) is 0.704. The van der Waals surface area contributed by atoms with Crippen molar-refractivity contribution < 1.29 is 48.3 Å². The van der Waals surface area contributed by atoms with Crippen LogP contribution in [0.15, 0.2) is 30.3 Å². The third-order valence-electron chi connectivity index (χ3n) is 13.2. The summed E-state index contributed by atoms with van der Waals surface area (Å²) < 4.78 is 0. The van der Waals surface area contributed by atoms with Gasteiger partial charge in [-0.15, -0.1) is 0 Å². The van der Waals surface area contributed by atoms with E-state index in [9.17, 15) is 48.3 Å². The molecule has 7 amide bonds. The van der Waals surface area contributed by atoms with Crippen molar-refractivity contribution in [2.75, 3.05) is 26.2 Å². The number of amidine groups is 1. The molecule has 0 radical (unpaired) electrons. The maximum absolute atomic E-state index is 14.7. The van der Waals surface area contributed by atoms with E-state index in [0.717, 1.165) is 19.3 Å². The van der Waals surface area contributed by atoms with Crippen LogP contribution in [0.25, 0.3) is 0 Å². The molecule has 9 atom stereocenters. The van der Waals surface area contributed by atoms with E-state index in [2.05, 4.69) is 37.2 Å². The van der Waals surface area contributed by atoms with Gasteiger partial charge in [0.2, 0.25) is 41.4 Å². The molecule has 1 aromatic carbocycles. The predicted molar refractivity (Wildman–Crippen MR) is 291 cm³/mol. The molecule has 2 rings (SSSR count). The molecule has 0 bridgehead atoms. The SMILES string of the molecule is CCCCC[C@@H](O)CC(=O)N[C@H](CCN)C(=O)C[C@H]1CCNC(=O)[C@H](CC(C)C)NC(=O)[C@H](CCN)NC(=O)[C@H](CCN)NC(=O)[C@H](CC(C)C)NC(=O)[C@@H](Cc2ccccc2)CC(=O)[C@H](CCCCC(=N)N)NC1=O. The number of aliphatic hydroxyl groups is 1. The minimum Gasteiger partial charge on any atom is -0.393 e. The standard InChI is InChI=1S/C54H92N12O10/c1-6-7-9-16-38(67)32-48(70)61-40(19-23-55)45(68)30-36-22-26-60-51(73)43(27-33(2)3)66-53(75)42(21-25-57)63-52(74)41(20-24-56)64-54(76)44(28-34(4)5)65-50(72)37(29-35-14-10-8-11-15-35)31-46(69)39(62-49(36)71)17-12-13-18-47(58)59/h8,10-11,14-15,33-34,36-44,67H,6-7,9,12-13,16-32,55-57H2,1-5H3,(H3,58,59)(H,60,73)(H,61,70)(H,62,71)(H,63,74)(H,64,76)(H,65,72)(H,66,75)/t36-,37+,38-,39+,40-,41+,42+,43+,44+/m1/s1. The van der Waals surface area contributed by atoms with Gasteiger partial charge < -0.3 is 65.3 Å². The van der Waals surface area contributed by atoms with E-state index >= 15 is 0 Å². The van der Waals surface area contributed by atoms with Crippen LogP contribution in [-0.2, 0) is 49.6 Å². The number of amides is 7. The number of carbonyl (C=O) groups excluding carboxylic acids is 9. The molecule has 0 saturated carbocycles. The zero-order chi connectivity index (χ0) is 56.7. The average Bonchev–Trinajstić information content (AvgIpc) is 3.35. The zero-order valence-electron chi connectivity index (χ0n) is 45.7. The summed E-state index contributed by atoms with van der Waals surface area (Å²) in [7, 11) is 0. The molecule has 1 aliphatic heterocycles. The molecule has 76 heavy (non-hydrogen) atoms. The van der Waals surface area contributed by atoms with E-state index in [4.69, 9.17) is 28.3 Å². The van der Waals surface area contributed by atoms with Crippen LogP contribution in [0.3, 0.4) is 0 Å². The highest BCUT2D eigenvalue weighted by atomic mass is 16.3. The Kier molecular flexibility index (Phi) is 31.6. The second-order valence-electron chi connectivity index (χ2n) is 21.0. The Morgan fingerprint density at radius 3 is 1.76 bits per heavy atom. The summed E-state index contributed by atoms with van der Waals surface area (Å²) in [5, 5.41) is 37.6. The van der Waals surface area contributed by atoms with E-state index in [1.165, 1.54) is 0 Å². The molecule has 0 aromatic heterocycles. The number of hydrogen-bond donors (Lipinski definition) is 13. The van der Waals surface area contributed by atoms with Crippen LogP contribution in [0.5, 0.6) is 0 Å². The summed E-state index contributed by atoms with van der Waals surface area (Å²) in [6.07, 6.45) is 1.97. The van der Waals surface area contributed by atoms with Crippen molar-refractivity contribution in [3.63, 3.8) is 0 Å². The van der Waals surface area contributed by atoms with Crippen LogP contribution in [0.4, 0.5) is 0 Å². The minimum atomic E-state index is -1.25. The topological polar surface area (TPSA) is 386 Å². The number of hydrogen-bond acceptors (Lipinski definition) is 14. The molecule has 22 heteroatoms. The number of ketones is 2. The maximum Gasteiger partial charge on any atom is 0.243 e. The quantitative estimate of drug-likeness (QED) is 0.0329. The van der Waals surface area contributed by atoms with E-state index in [1.54, 1.807) is 30.3 Å². The summed E-state index contributed by atoms with van der Waals surface area (Å²) in [6.45, 7) is 9.11. The van der Waals surface area contributed by atoms with Gasteiger partial charge in [0, 0.05) is 37.6 Å². The largest absolute Gasteiger partial charge is 0.393 e. The number of nitrogens with one attached hydrogen (secondary N) is 8. The third kappa shape index (κ3) is 25.8. The summed E-state index contributed by atoms with van der Waals surface area (Å²) in [6, 6.07) is 1.74. The van der Waals surface area contributed by atoms with Crippen molar-refractivity contribution in [2.45, 2.75) is 193 Å². The van der Waals surface area contributed by atoms with Gasteiger partial charge in [-0.25, -0.2) is 0 Å². The number of nitrogens with two attached hydrogens (primary N) is 4. The molecule has 1 aliphatic rings. The second kappa shape index (κ2) is 36.2. The lowest BCUT2D eigenvalue weighted by molar-refractivity contribution is -0.136. The van der Waals surface area contributed by atoms with Crippen molar-refractivity contribution >= 4 is 58.8 Å². The molecule has 0 unspecified atom stereocenters. The van der Waals surface area contributed by atoms with Crippen molar-refractivity contribution in [1.29, 1.82) is 5.41 Å². The van der Waals surface area contributed by atoms with Crippen molar-refractivity contribution in [1.82, 2.24) is 37.2 Å². The number of Topliss-reactive ketones (excluding diaryl/α,β-unsaturated/α-hetero) is 2. The molecule has 428 valence electrons. The van der Waals surface area contributed by atoms with Crippen LogP contribution >= 0.6 is 0 Å². The second-order valence-corrected chi connectivity index (χ2v) is 21.0. The molecule has 17 N–H and O–H groups in total. The Morgan fingerprint density at radius 1 is 0.671 bits per heavy atom. The predicted octanol–water partition coefficient (Wildman–Crippen LogP) is 0.775. The summed E-state index contributed by atoms with van der Waals surface area (Å²) in [5.41, 5.74) is 24.1. The number of unbranched alkanes of at least 4 members (excludes halogenated alkanes) is 3. The molecule has 0 aliphatic carbocycles. The van der Waals surface area contributed by atoms with Gasteiger partial charge in [-0.1, -0.05) is 90.6 Å². The minimum absolute atomic E-state index is 0.00677. The molecule has 1 heterocycles. The van der Waals surface area contributed by atoms with Crippen molar-refractivity contribution in [3.8, 4) is 0 Å². The van der Waals surface area contributed by atoms with Gasteiger partial charge in [0.05, 0.1) is 30.4 Å². The van der Waals surface area contributed by atoms with E-state index in [1.807, 2.05) is 34.6 Å². The summed E-state index contributed by atoms with van der Waals surface area (Å²) in [5.74, 6) is -8.47. The van der Waals surface area contributed by atoms with Gasteiger partial charge in [0.1, 0.15) is 24.2 Å².